The van der Waals surface area contributed by atoms with E-state index in [1.54, 1.807) is 11.0 Å². The second-order valence-electron chi connectivity index (χ2n) is 6.07. The highest BCUT2D eigenvalue weighted by molar-refractivity contribution is 5.91. The van der Waals surface area contributed by atoms with Crippen molar-refractivity contribution in [1.82, 2.24) is 14.8 Å². The minimum atomic E-state index is -0.193. The molecule has 0 bridgehead atoms. The monoisotopic (exact) mass is 283 g/mol. The average Bonchev–Trinajstić information content (AvgIpc) is 3.38. The van der Waals surface area contributed by atoms with Gasteiger partial charge in [-0.25, -0.2) is 14.5 Å². The zero-order valence-corrected chi connectivity index (χ0v) is 12.0. The molecular weight excluding hydrogens is 266 g/mol. The predicted octanol–water partition coefficient (Wildman–Crippen LogP) is 2.68. The van der Waals surface area contributed by atoms with Gasteiger partial charge in [0, 0.05) is 0 Å². The molecule has 1 aromatic heterocycles. The molecule has 4 rings (SSSR count). The van der Waals surface area contributed by atoms with Crippen LogP contribution in [-0.4, -0.2) is 26.3 Å². The maximum atomic E-state index is 12.4. The Balaban J connectivity index is 1.56. The van der Waals surface area contributed by atoms with Crippen LogP contribution in [-0.2, 0) is 4.74 Å². The van der Waals surface area contributed by atoms with Crippen LogP contribution in [0.4, 0.5) is 0 Å². The SMILES string of the molecule is Cc1cc(-n2cncn2)ccc1C(=O)OC1(C2CC2)CC1. The molecule has 2 saturated carbocycles. The topological polar surface area (TPSA) is 57.0 Å². The maximum Gasteiger partial charge on any atom is 0.338 e. The Bertz CT molecular complexity index is 686. The van der Waals surface area contributed by atoms with Gasteiger partial charge in [-0.15, -0.1) is 0 Å². The van der Waals surface area contributed by atoms with Crippen molar-refractivity contribution in [1.29, 1.82) is 0 Å². The highest BCUT2D eigenvalue weighted by Crippen LogP contribution is 2.56. The number of benzene rings is 1. The summed E-state index contributed by atoms with van der Waals surface area (Å²) >= 11 is 0. The van der Waals surface area contributed by atoms with Gasteiger partial charge in [0.05, 0.1) is 11.3 Å². The molecule has 0 aliphatic heterocycles. The van der Waals surface area contributed by atoms with Crippen molar-refractivity contribution < 1.29 is 9.53 Å². The molecule has 108 valence electrons. The van der Waals surface area contributed by atoms with Crippen LogP contribution in [0.25, 0.3) is 5.69 Å². The van der Waals surface area contributed by atoms with E-state index in [9.17, 15) is 4.79 Å². The normalized spacial score (nSPS) is 19.3. The van der Waals surface area contributed by atoms with Gasteiger partial charge in [0.15, 0.2) is 0 Å². The first-order valence-electron chi connectivity index (χ1n) is 7.37. The Hall–Kier alpha value is -2.17. The molecule has 0 unspecified atom stereocenters. The number of carbonyl (C=O) groups is 1. The van der Waals surface area contributed by atoms with Gasteiger partial charge in [0.2, 0.25) is 0 Å². The van der Waals surface area contributed by atoms with E-state index in [2.05, 4.69) is 10.1 Å². The summed E-state index contributed by atoms with van der Waals surface area (Å²) < 4.78 is 7.47. The quantitative estimate of drug-likeness (QED) is 0.809. The Kier molecular flexibility index (Phi) is 2.64. The second-order valence-corrected chi connectivity index (χ2v) is 6.07. The number of hydrogen-bond acceptors (Lipinski definition) is 4. The first-order valence-corrected chi connectivity index (χ1v) is 7.37. The van der Waals surface area contributed by atoms with Crippen molar-refractivity contribution in [3.05, 3.63) is 42.0 Å². The third-order valence-electron chi connectivity index (χ3n) is 4.47. The fourth-order valence-electron chi connectivity index (χ4n) is 2.93. The van der Waals surface area contributed by atoms with Crippen LogP contribution in [0.2, 0.25) is 0 Å². The van der Waals surface area contributed by atoms with E-state index in [1.165, 1.54) is 19.2 Å². The third kappa shape index (κ3) is 2.22. The molecule has 0 radical (unpaired) electrons. The van der Waals surface area contributed by atoms with Gasteiger partial charge in [0.25, 0.3) is 0 Å². The number of aromatic nitrogens is 3. The molecule has 0 saturated heterocycles. The van der Waals surface area contributed by atoms with E-state index < -0.39 is 0 Å². The van der Waals surface area contributed by atoms with E-state index in [1.807, 2.05) is 25.1 Å². The zero-order valence-electron chi connectivity index (χ0n) is 12.0. The summed E-state index contributed by atoms with van der Waals surface area (Å²) in [5.74, 6) is 0.415. The molecular formula is C16H17N3O2. The Morgan fingerprint density at radius 2 is 2.19 bits per heavy atom. The van der Waals surface area contributed by atoms with Gasteiger partial charge in [-0.2, -0.15) is 5.10 Å². The molecule has 2 fully saturated rings. The molecule has 21 heavy (non-hydrogen) atoms. The number of rotatable bonds is 4. The van der Waals surface area contributed by atoms with Crippen LogP contribution in [0.3, 0.4) is 0 Å². The average molecular weight is 283 g/mol. The summed E-state index contributed by atoms with van der Waals surface area (Å²) in [6.07, 6.45) is 7.59. The molecule has 0 N–H and O–H groups in total. The van der Waals surface area contributed by atoms with Crippen LogP contribution >= 0.6 is 0 Å². The fraction of sp³-hybridized carbons (Fsp3) is 0.438. The van der Waals surface area contributed by atoms with Crippen molar-refractivity contribution in [3.63, 3.8) is 0 Å². The number of esters is 1. The lowest BCUT2D eigenvalue weighted by atomic mass is 10.1. The standard InChI is InChI=1S/C16H17N3O2/c1-11-8-13(19-10-17-9-18-19)4-5-14(11)15(20)21-16(6-7-16)12-2-3-12/h4-5,8-10,12H,2-3,6-7H2,1H3. The Morgan fingerprint density at radius 1 is 1.38 bits per heavy atom. The van der Waals surface area contributed by atoms with Gasteiger partial charge in [-0.05, 0) is 62.3 Å². The van der Waals surface area contributed by atoms with Crippen LogP contribution in [0.1, 0.15) is 41.6 Å². The van der Waals surface area contributed by atoms with Crippen molar-refractivity contribution in [2.75, 3.05) is 0 Å². The zero-order chi connectivity index (χ0) is 14.4. The van der Waals surface area contributed by atoms with E-state index in [4.69, 9.17) is 4.74 Å². The molecule has 5 heteroatoms. The fourth-order valence-corrected chi connectivity index (χ4v) is 2.93. The van der Waals surface area contributed by atoms with Crippen molar-refractivity contribution in [2.45, 2.75) is 38.2 Å². The Morgan fingerprint density at radius 3 is 2.76 bits per heavy atom. The van der Waals surface area contributed by atoms with Gasteiger partial charge in [-0.3, -0.25) is 0 Å². The molecule has 0 atom stereocenters. The lowest BCUT2D eigenvalue weighted by Crippen LogP contribution is -2.22. The van der Waals surface area contributed by atoms with Gasteiger partial charge < -0.3 is 4.74 Å². The summed E-state index contributed by atoms with van der Waals surface area (Å²) in [4.78, 5) is 16.3. The second kappa shape index (κ2) is 4.41. The lowest BCUT2D eigenvalue weighted by Gasteiger charge is -2.17. The van der Waals surface area contributed by atoms with Crippen LogP contribution < -0.4 is 0 Å². The molecule has 2 aliphatic carbocycles. The molecule has 0 amide bonds. The molecule has 0 spiro atoms. The maximum absolute atomic E-state index is 12.4. The number of ether oxygens (including phenoxy) is 1. The molecule has 1 heterocycles. The first kappa shape index (κ1) is 12.6. The van der Waals surface area contributed by atoms with Gasteiger partial charge >= 0.3 is 5.97 Å². The van der Waals surface area contributed by atoms with Gasteiger partial charge in [-0.1, -0.05) is 0 Å². The predicted molar refractivity (Wildman–Crippen MR) is 76.2 cm³/mol. The van der Waals surface area contributed by atoms with Crippen molar-refractivity contribution in [2.24, 2.45) is 5.92 Å². The smallest absolute Gasteiger partial charge is 0.338 e. The van der Waals surface area contributed by atoms with Crippen LogP contribution in [0.15, 0.2) is 30.9 Å². The molecule has 1 aromatic carbocycles. The van der Waals surface area contributed by atoms with E-state index in [-0.39, 0.29) is 11.6 Å². The molecule has 5 nitrogen and oxygen atoms in total. The van der Waals surface area contributed by atoms with E-state index in [0.29, 0.717) is 11.5 Å². The largest absolute Gasteiger partial charge is 0.455 e. The lowest BCUT2D eigenvalue weighted by molar-refractivity contribution is 0.0159. The van der Waals surface area contributed by atoms with Crippen molar-refractivity contribution in [3.8, 4) is 5.69 Å². The summed E-state index contributed by atoms with van der Waals surface area (Å²) in [6, 6.07) is 5.62. The van der Waals surface area contributed by atoms with Crippen LogP contribution in [0, 0.1) is 12.8 Å². The third-order valence-corrected chi connectivity index (χ3v) is 4.47. The summed E-state index contributed by atoms with van der Waals surface area (Å²) in [5, 5.41) is 4.09. The summed E-state index contributed by atoms with van der Waals surface area (Å²) in [7, 11) is 0. The highest BCUT2D eigenvalue weighted by atomic mass is 16.6. The summed E-state index contributed by atoms with van der Waals surface area (Å²) in [6.45, 7) is 1.92. The first-order chi connectivity index (χ1) is 10.2. The number of carbonyl (C=O) groups excluding carboxylic acids is 1. The van der Waals surface area contributed by atoms with E-state index in [0.717, 1.165) is 24.1 Å². The van der Waals surface area contributed by atoms with E-state index >= 15 is 0 Å². The van der Waals surface area contributed by atoms with Gasteiger partial charge in [0.1, 0.15) is 18.3 Å². The molecule has 2 aliphatic rings. The number of hydrogen-bond donors (Lipinski definition) is 0. The number of aryl methyl sites for hydroxylation is 1. The van der Waals surface area contributed by atoms with Crippen LogP contribution in [0.5, 0.6) is 0 Å². The minimum Gasteiger partial charge on any atom is -0.455 e. The Labute approximate surface area is 122 Å². The highest BCUT2D eigenvalue weighted by Gasteiger charge is 2.57. The summed E-state index contributed by atoms with van der Waals surface area (Å²) in [5.41, 5.74) is 2.31. The minimum absolute atomic E-state index is 0.131. The van der Waals surface area contributed by atoms with Crippen molar-refractivity contribution >= 4 is 5.97 Å². The molecule has 2 aromatic rings. The number of nitrogens with zero attached hydrogens (tertiary/aromatic N) is 3.